The van der Waals surface area contributed by atoms with Crippen molar-refractivity contribution in [3.8, 4) is 0 Å². The molecule has 4 heteroatoms. The van der Waals surface area contributed by atoms with Crippen LogP contribution in [0.1, 0.15) is 51.4 Å². The maximum Gasteiger partial charge on any atom is 0.226 e. The van der Waals surface area contributed by atoms with Crippen LogP contribution in [-0.2, 0) is 4.79 Å². The summed E-state index contributed by atoms with van der Waals surface area (Å²) in [5, 5.41) is 3.47. The van der Waals surface area contributed by atoms with E-state index >= 15 is 0 Å². The monoisotopic (exact) mass is 272 g/mol. The number of carbonyl (C=O) groups is 1. The van der Waals surface area contributed by atoms with Crippen molar-refractivity contribution in [2.75, 3.05) is 13.1 Å². The molecule has 1 aliphatic carbocycles. The van der Waals surface area contributed by atoms with Crippen molar-refractivity contribution in [2.45, 2.75) is 63.5 Å². The van der Waals surface area contributed by atoms with Crippen LogP contribution in [0.5, 0.6) is 0 Å². The van der Waals surface area contributed by atoms with Gasteiger partial charge in [-0.3, -0.25) is 4.79 Å². The molecule has 0 radical (unpaired) electrons. The number of fused-ring (bicyclic) bond motifs is 2. The average molecular weight is 273 g/mol. The molecule has 18 heavy (non-hydrogen) atoms. The van der Waals surface area contributed by atoms with E-state index < -0.39 is 0 Å². The molecule has 3 rings (SSSR count). The topological polar surface area (TPSA) is 32.3 Å². The number of carbonyl (C=O) groups excluding carboxylic acids is 1. The third kappa shape index (κ3) is 2.67. The number of nitrogens with one attached hydrogen (secondary N) is 1. The Hall–Kier alpha value is -0.280. The smallest absolute Gasteiger partial charge is 0.226 e. The van der Waals surface area contributed by atoms with Crippen LogP contribution in [-0.4, -0.2) is 36.0 Å². The largest absolute Gasteiger partial charge is 0.335 e. The first kappa shape index (κ1) is 14.1. The van der Waals surface area contributed by atoms with E-state index in [2.05, 4.69) is 10.2 Å². The van der Waals surface area contributed by atoms with E-state index in [0.717, 1.165) is 32.4 Å². The Bertz CT molecular complexity index is 278. The van der Waals surface area contributed by atoms with Gasteiger partial charge in [0, 0.05) is 24.5 Å². The standard InChI is InChI=1S/C14H24N2O.ClH/c17-14(11-4-2-1-3-5-11)16-12-6-7-13(16)10-15-9-8-12;/h11-13,15H,1-10H2;1H. The van der Waals surface area contributed by atoms with Gasteiger partial charge in [0.05, 0.1) is 0 Å². The molecule has 3 nitrogen and oxygen atoms in total. The predicted molar refractivity (Wildman–Crippen MR) is 75.0 cm³/mol. The summed E-state index contributed by atoms with van der Waals surface area (Å²) in [4.78, 5) is 14.9. The highest BCUT2D eigenvalue weighted by molar-refractivity contribution is 5.85. The Morgan fingerprint density at radius 2 is 1.67 bits per heavy atom. The van der Waals surface area contributed by atoms with E-state index in [1.54, 1.807) is 0 Å². The van der Waals surface area contributed by atoms with Crippen molar-refractivity contribution in [3.05, 3.63) is 0 Å². The van der Waals surface area contributed by atoms with Crippen LogP contribution in [0.2, 0.25) is 0 Å². The number of rotatable bonds is 1. The average Bonchev–Trinajstić information content (AvgIpc) is 2.63. The van der Waals surface area contributed by atoms with Gasteiger partial charge in [0.25, 0.3) is 0 Å². The van der Waals surface area contributed by atoms with Gasteiger partial charge in [-0.25, -0.2) is 0 Å². The lowest BCUT2D eigenvalue weighted by atomic mass is 9.88. The molecule has 1 saturated carbocycles. The lowest BCUT2D eigenvalue weighted by molar-refractivity contribution is -0.139. The molecule has 0 aromatic carbocycles. The minimum absolute atomic E-state index is 0. The fourth-order valence-electron chi connectivity index (χ4n) is 3.90. The van der Waals surface area contributed by atoms with Crippen LogP contribution >= 0.6 is 12.4 Å². The van der Waals surface area contributed by atoms with Crippen molar-refractivity contribution in [3.63, 3.8) is 0 Å². The van der Waals surface area contributed by atoms with Gasteiger partial charge in [-0.1, -0.05) is 19.3 Å². The molecule has 1 amide bonds. The molecule has 2 aliphatic heterocycles. The van der Waals surface area contributed by atoms with Crippen molar-refractivity contribution in [2.24, 2.45) is 5.92 Å². The molecule has 0 aromatic rings. The number of hydrogen-bond acceptors (Lipinski definition) is 2. The highest BCUT2D eigenvalue weighted by atomic mass is 35.5. The fraction of sp³-hybridized carbons (Fsp3) is 0.929. The molecule has 0 aromatic heterocycles. The summed E-state index contributed by atoms with van der Waals surface area (Å²) >= 11 is 0. The molecule has 3 fully saturated rings. The summed E-state index contributed by atoms with van der Waals surface area (Å²) in [6.07, 6.45) is 9.76. The molecule has 2 saturated heterocycles. The second kappa shape index (κ2) is 6.25. The Labute approximate surface area is 116 Å². The quantitative estimate of drug-likeness (QED) is 0.795. The number of nitrogens with zero attached hydrogens (tertiary/aromatic N) is 1. The Morgan fingerprint density at radius 3 is 2.44 bits per heavy atom. The summed E-state index contributed by atoms with van der Waals surface area (Å²) in [5.74, 6) is 0.839. The van der Waals surface area contributed by atoms with Crippen LogP contribution in [0.25, 0.3) is 0 Å². The number of halogens is 1. The molecule has 2 bridgehead atoms. The van der Waals surface area contributed by atoms with Crippen molar-refractivity contribution in [1.29, 1.82) is 0 Å². The Morgan fingerprint density at radius 1 is 0.944 bits per heavy atom. The van der Waals surface area contributed by atoms with Gasteiger partial charge in [0.2, 0.25) is 5.91 Å². The van der Waals surface area contributed by atoms with Crippen molar-refractivity contribution >= 4 is 18.3 Å². The van der Waals surface area contributed by atoms with E-state index in [0.29, 0.717) is 23.9 Å². The first-order valence-corrected chi connectivity index (χ1v) is 7.39. The van der Waals surface area contributed by atoms with Gasteiger partial charge in [0.15, 0.2) is 0 Å². The first-order valence-electron chi connectivity index (χ1n) is 7.39. The van der Waals surface area contributed by atoms with Gasteiger partial charge < -0.3 is 10.2 Å². The summed E-state index contributed by atoms with van der Waals surface area (Å²) in [5.41, 5.74) is 0. The minimum atomic E-state index is 0. The van der Waals surface area contributed by atoms with Gasteiger partial charge in [-0.05, 0) is 38.6 Å². The van der Waals surface area contributed by atoms with Gasteiger partial charge in [-0.2, -0.15) is 0 Å². The predicted octanol–water partition coefficient (Wildman–Crippen LogP) is 2.34. The Balaban J connectivity index is 0.00000120. The third-order valence-corrected chi connectivity index (χ3v) is 4.86. The van der Waals surface area contributed by atoms with Crippen LogP contribution in [0.15, 0.2) is 0 Å². The maximum absolute atomic E-state index is 12.7. The van der Waals surface area contributed by atoms with Crippen LogP contribution < -0.4 is 5.32 Å². The number of amides is 1. The zero-order valence-electron chi connectivity index (χ0n) is 11.1. The highest BCUT2D eigenvalue weighted by Crippen LogP contribution is 2.33. The first-order chi connectivity index (χ1) is 8.36. The Kier molecular flexibility index (Phi) is 4.91. The van der Waals surface area contributed by atoms with Crippen LogP contribution in [0.4, 0.5) is 0 Å². The van der Waals surface area contributed by atoms with E-state index in [1.807, 2.05) is 0 Å². The SMILES string of the molecule is Cl.O=C(C1CCCCC1)N1C2CCNCC1CC2. The normalized spacial score (nSPS) is 32.8. The molecule has 2 unspecified atom stereocenters. The van der Waals surface area contributed by atoms with E-state index in [4.69, 9.17) is 0 Å². The summed E-state index contributed by atoms with van der Waals surface area (Å²) in [6, 6.07) is 1.04. The summed E-state index contributed by atoms with van der Waals surface area (Å²) in [6.45, 7) is 2.12. The third-order valence-electron chi connectivity index (χ3n) is 4.86. The molecule has 2 heterocycles. The molecular weight excluding hydrogens is 248 g/mol. The van der Waals surface area contributed by atoms with E-state index in [1.165, 1.54) is 32.1 Å². The molecule has 0 spiro atoms. The number of hydrogen-bond donors (Lipinski definition) is 1. The van der Waals surface area contributed by atoms with Gasteiger partial charge in [-0.15, -0.1) is 12.4 Å². The molecular formula is C14H25ClN2O. The van der Waals surface area contributed by atoms with Crippen LogP contribution in [0, 0.1) is 5.92 Å². The van der Waals surface area contributed by atoms with E-state index in [-0.39, 0.29) is 12.4 Å². The highest BCUT2D eigenvalue weighted by Gasteiger charge is 2.40. The fourth-order valence-corrected chi connectivity index (χ4v) is 3.90. The zero-order valence-corrected chi connectivity index (χ0v) is 11.9. The van der Waals surface area contributed by atoms with Gasteiger partial charge in [0.1, 0.15) is 0 Å². The minimum Gasteiger partial charge on any atom is -0.335 e. The van der Waals surface area contributed by atoms with Crippen molar-refractivity contribution in [1.82, 2.24) is 10.2 Å². The lowest BCUT2D eigenvalue weighted by Crippen LogP contribution is -2.45. The van der Waals surface area contributed by atoms with Crippen molar-refractivity contribution < 1.29 is 4.79 Å². The van der Waals surface area contributed by atoms with Gasteiger partial charge >= 0.3 is 0 Å². The molecule has 1 N–H and O–H groups in total. The lowest BCUT2D eigenvalue weighted by Gasteiger charge is -2.33. The van der Waals surface area contributed by atoms with Crippen LogP contribution in [0.3, 0.4) is 0 Å². The second-order valence-corrected chi connectivity index (χ2v) is 5.96. The van der Waals surface area contributed by atoms with E-state index in [9.17, 15) is 4.79 Å². The molecule has 104 valence electrons. The zero-order chi connectivity index (χ0) is 11.7. The summed E-state index contributed by atoms with van der Waals surface area (Å²) < 4.78 is 0. The summed E-state index contributed by atoms with van der Waals surface area (Å²) in [7, 11) is 0. The molecule has 2 atom stereocenters. The maximum atomic E-state index is 12.7. The molecule has 3 aliphatic rings. The second-order valence-electron chi connectivity index (χ2n) is 5.96.